The molecule has 1 aromatic rings. The zero-order valence-corrected chi connectivity index (χ0v) is 12.1. The maximum absolute atomic E-state index is 10.7. The van der Waals surface area contributed by atoms with E-state index < -0.39 is 12.0 Å². The molecular weight excluding hydrogens is 242 g/mol. The van der Waals surface area contributed by atoms with Gasteiger partial charge in [-0.3, -0.25) is 4.79 Å². The van der Waals surface area contributed by atoms with Gasteiger partial charge in [-0.2, -0.15) is 0 Å². The molecule has 0 amide bonds. The number of rotatable bonds is 5. The van der Waals surface area contributed by atoms with Crippen LogP contribution in [0.4, 0.5) is 0 Å². The van der Waals surface area contributed by atoms with Crippen molar-refractivity contribution in [1.82, 2.24) is 0 Å². The number of carboxylic acids is 1. The van der Waals surface area contributed by atoms with Crippen molar-refractivity contribution in [2.75, 3.05) is 7.11 Å². The smallest absolute Gasteiger partial charge is 0.304 e. The maximum atomic E-state index is 10.7. The van der Waals surface area contributed by atoms with Crippen molar-refractivity contribution < 1.29 is 14.6 Å². The minimum absolute atomic E-state index is 0.0388. The normalized spacial score (nSPS) is 13.1. The van der Waals surface area contributed by atoms with E-state index >= 15 is 0 Å². The standard InChI is InChI=1S/C15H23NO3/c1-15(2,3)11-5-6-13(19-4)10(7-11)8-12(16)9-14(17)18/h5-7,12H,8-9,16H2,1-4H3,(H,17,18). The fourth-order valence-electron chi connectivity index (χ4n) is 1.98. The second-order valence-electron chi connectivity index (χ2n) is 5.84. The van der Waals surface area contributed by atoms with Gasteiger partial charge in [0.25, 0.3) is 0 Å². The average molecular weight is 265 g/mol. The number of methoxy groups -OCH3 is 1. The van der Waals surface area contributed by atoms with E-state index in [-0.39, 0.29) is 11.8 Å². The first-order valence-corrected chi connectivity index (χ1v) is 6.39. The van der Waals surface area contributed by atoms with Crippen LogP contribution in [0.1, 0.15) is 38.3 Å². The highest BCUT2D eigenvalue weighted by Gasteiger charge is 2.18. The second kappa shape index (κ2) is 6.06. The molecule has 0 aliphatic carbocycles. The largest absolute Gasteiger partial charge is 0.496 e. The van der Waals surface area contributed by atoms with Crippen molar-refractivity contribution in [3.8, 4) is 5.75 Å². The van der Waals surface area contributed by atoms with Crippen molar-refractivity contribution in [3.63, 3.8) is 0 Å². The Morgan fingerprint density at radius 2 is 2.05 bits per heavy atom. The molecule has 0 aliphatic rings. The fraction of sp³-hybridized carbons (Fsp3) is 0.533. The third kappa shape index (κ3) is 4.56. The lowest BCUT2D eigenvalue weighted by molar-refractivity contribution is -0.137. The summed E-state index contributed by atoms with van der Waals surface area (Å²) in [6.45, 7) is 6.40. The van der Waals surface area contributed by atoms with Crippen molar-refractivity contribution in [2.24, 2.45) is 5.73 Å². The molecule has 4 heteroatoms. The van der Waals surface area contributed by atoms with E-state index in [1.54, 1.807) is 7.11 Å². The number of carbonyl (C=O) groups is 1. The van der Waals surface area contributed by atoms with Crippen LogP contribution in [-0.2, 0) is 16.6 Å². The van der Waals surface area contributed by atoms with E-state index in [9.17, 15) is 4.79 Å². The predicted molar refractivity (Wildman–Crippen MR) is 75.6 cm³/mol. The molecule has 0 radical (unpaired) electrons. The first kappa shape index (κ1) is 15.5. The summed E-state index contributed by atoms with van der Waals surface area (Å²) < 4.78 is 5.32. The first-order chi connectivity index (χ1) is 8.74. The van der Waals surface area contributed by atoms with E-state index in [2.05, 4.69) is 26.8 Å². The minimum Gasteiger partial charge on any atom is -0.496 e. The molecule has 0 aromatic heterocycles. The summed E-state index contributed by atoms with van der Waals surface area (Å²) in [6, 6.07) is 5.61. The van der Waals surface area contributed by atoms with Crippen molar-refractivity contribution in [3.05, 3.63) is 29.3 Å². The molecule has 0 saturated heterocycles. The molecule has 0 spiro atoms. The summed E-state index contributed by atoms with van der Waals surface area (Å²) in [6.07, 6.45) is 0.461. The topological polar surface area (TPSA) is 72.5 Å². The van der Waals surface area contributed by atoms with Gasteiger partial charge in [0.15, 0.2) is 0 Å². The molecule has 0 heterocycles. The highest BCUT2D eigenvalue weighted by molar-refractivity contribution is 5.67. The molecule has 0 aliphatic heterocycles. The Bertz CT molecular complexity index is 449. The number of aliphatic carboxylic acids is 1. The summed E-state index contributed by atoms with van der Waals surface area (Å²) in [5.41, 5.74) is 8.04. The van der Waals surface area contributed by atoms with Crippen LogP contribution in [0.2, 0.25) is 0 Å². The molecule has 1 aromatic carbocycles. The van der Waals surface area contributed by atoms with Crippen molar-refractivity contribution in [2.45, 2.75) is 45.1 Å². The Balaban J connectivity index is 2.99. The van der Waals surface area contributed by atoms with Gasteiger partial charge in [-0.15, -0.1) is 0 Å². The summed E-state index contributed by atoms with van der Waals surface area (Å²) in [5, 5.41) is 8.76. The van der Waals surface area contributed by atoms with Gasteiger partial charge < -0.3 is 15.6 Å². The van der Waals surface area contributed by atoms with Crippen molar-refractivity contribution >= 4 is 5.97 Å². The lowest BCUT2D eigenvalue weighted by atomic mass is 9.85. The molecule has 4 nitrogen and oxygen atoms in total. The van der Waals surface area contributed by atoms with Crippen LogP contribution in [0.3, 0.4) is 0 Å². The third-order valence-electron chi connectivity index (χ3n) is 3.07. The highest BCUT2D eigenvalue weighted by Crippen LogP contribution is 2.28. The number of nitrogens with two attached hydrogens (primary N) is 1. The minimum atomic E-state index is -0.876. The Morgan fingerprint density at radius 1 is 1.42 bits per heavy atom. The number of ether oxygens (including phenoxy) is 1. The van der Waals surface area contributed by atoms with E-state index in [0.29, 0.717) is 6.42 Å². The van der Waals surface area contributed by atoms with E-state index in [4.69, 9.17) is 15.6 Å². The molecule has 19 heavy (non-hydrogen) atoms. The quantitative estimate of drug-likeness (QED) is 0.857. The van der Waals surface area contributed by atoms with Crippen LogP contribution in [0.15, 0.2) is 18.2 Å². The van der Waals surface area contributed by atoms with Crippen LogP contribution < -0.4 is 10.5 Å². The Hall–Kier alpha value is -1.55. The summed E-state index contributed by atoms with van der Waals surface area (Å²) in [5.74, 6) is -0.118. The number of hydrogen-bond donors (Lipinski definition) is 2. The highest BCUT2D eigenvalue weighted by atomic mass is 16.5. The number of carboxylic acid groups (broad SMARTS) is 1. The fourth-order valence-corrected chi connectivity index (χ4v) is 1.98. The third-order valence-corrected chi connectivity index (χ3v) is 3.07. The predicted octanol–water partition coefficient (Wildman–Crippen LogP) is 2.34. The molecule has 1 atom stereocenters. The molecule has 1 rings (SSSR count). The van der Waals surface area contributed by atoms with Gasteiger partial charge in [0.2, 0.25) is 0 Å². The summed E-state index contributed by atoms with van der Waals surface area (Å²) in [4.78, 5) is 10.7. The number of hydrogen-bond acceptors (Lipinski definition) is 3. The Kier molecular flexibility index (Phi) is 4.95. The van der Waals surface area contributed by atoms with Crippen LogP contribution in [0, 0.1) is 0 Å². The van der Waals surface area contributed by atoms with E-state index in [1.807, 2.05) is 12.1 Å². The summed E-state index contributed by atoms with van der Waals surface area (Å²) in [7, 11) is 1.61. The Labute approximate surface area is 114 Å². The van der Waals surface area contributed by atoms with Crippen LogP contribution in [-0.4, -0.2) is 24.2 Å². The molecule has 106 valence electrons. The van der Waals surface area contributed by atoms with Gasteiger partial charge in [0, 0.05) is 6.04 Å². The molecular formula is C15H23NO3. The van der Waals surface area contributed by atoms with Gasteiger partial charge in [0.05, 0.1) is 13.5 Å². The van der Waals surface area contributed by atoms with E-state index in [0.717, 1.165) is 11.3 Å². The average Bonchev–Trinajstić information content (AvgIpc) is 2.26. The number of benzene rings is 1. The van der Waals surface area contributed by atoms with Gasteiger partial charge in [-0.05, 0) is 29.0 Å². The molecule has 3 N–H and O–H groups in total. The van der Waals surface area contributed by atoms with Gasteiger partial charge in [-0.1, -0.05) is 32.9 Å². The molecule has 0 saturated carbocycles. The van der Waals surface area contributed by atoms with Crippen LogP contribution in [0.25, 0.3) is 0 Å². The first-order valence-electron chi connectivity index (χ1n) is 6.39. The van der Waals surface area contributed by atoms with Crippen molar-refractivity contribution in [1.29, 1.82) is 0 Å². The van der Waals surface area contributed by atoms with Gasteiger partial charge in [-0.25, -0.2) is 0 Å². The second-order valence-corrected chi connectivity index (χ2v) is 5.84. The van der Waals surface area contributed by atoms with Crippen LogP contribution in [0.5, 0.6) is 5.75 Å². The van der Waals surface area contributed by atoms with Crippen LogP contribution >= 0.6 is 0 Å². The molecule has 0 fully saturated rings. The maximum Gasteiger partial charge on any atom is 0.304 e. The lowest BCUT2D eigenvalue weighted by Gasteiger charge is -2.22. The zero-order valence-electron chi connectivity index (χ0n) is 12.1. The monoisotopic (exact) mass is 265 g/mol. The summed E-state index contributed by atoms with van der Waals surface area (Å²) >= 11 is 0. The zero-order chi connectivity index (χ0) is 14.6. The SMILES string of the molecule is COc1ccc(C(C)(C)C)cc1CC(N)CC(=O)O. The van der Waals surface area contributed by atoms with Gasteiger partial charge in [0.1, 0.15) is 5.75 Å². The molecule has 1 unspecified atom stereocenters. The lowest BCUT2D eigenvalue weighted by Crippen LogP contribution is -2.26. The molecule has 0 bridgehead atoms. The Morgan fingerprint density at radius 3 is 2.53 bits per heavy atom. The van der Waals surface area contributed by atoms with E-state index in [1.165, 1.54) is 5.56 Å². The van der Waals surface area contributed by atoms with Gasteiger partial charge >= 0.3 is 5.97 Å².